The van der Waals surface area contributed by atoms with Crippen LogP contribution in [0.1, 0.15) is 27.6 Å². The van der Waals surface area contributed by atoms with Crippen LogP contribution in [0.5, 0.6) is 0 Å². The monoisotopic (exact) mass is 347 g/mol. The number of hydrogen-bond donors (Lipinski definition) is 0. The first kappa shape index (κ1) is 15.9. The zero-order chi connectivity index (χ0) is 16.6. The molecule has 0 fully saturated rings. The molecule has 3 heterocycles. The molecule has 6 nitrogen and oxygen atoms in total. The van der Waals surface area contributed by atoms with Gasteiger partial charge in [0.15, 0.2) is 16.1 Å². The van der Waals surface area contributed by atoms with E-state index in [0.717, 1.165) is 33.1 Å². The van der Waals surface area contributed by atoms with Crippen molar-refractivity contribution in [2.75, 3.05) is 5.75 Å². The molecule has 0 spiro atoms. The number of rotatable bonds is 5. The topological polar surface area (TPSA) is 65.6 Å². The lowest BCUT2D eigenvalue weighted by molar-refractivity contribution is 0.102. The van der Waals surface area contributed by atoms with Crippen molar-refractivity contribution in [1.82, 2.24) is 24.3 Å². The zero-order valence-electron chi connectivity index (χ0n) is 13.4. The summed E-state index contributed by atoms with van der Waals surface area (Å²) in [6, 6.07) is 1.93. The van der Waals surface area contributed by atoms with Gasteiger partial charge in [0.05, 0.1) is 5.75 Å². The Hall–Kier alpha value is -1.93. The van der Waals surface area contributed by atoms with Gasteiger partial charge in [0.25, 0.3) is 0 Å². The van der Waals surface area contributed by atoms with Crippen LogP contribution in [-0.4, -0.2) is 35.9 Å². The van der Waals surface area contributed by atoms with Gasteiger partial charge in [-0.05, 0) is 26.8 Å². The summed E-state index contributed by atoms with van der Waals surface area (Å²) in [5.41, 5.74) is 2.68. The minimum absolute atomic E-state index is 0.0894. The van der Waals surface area contributed by atoms with Crippen LogP contribution in [0.15, 0.2) is 22.8 Å². The molecule has 0 aliphatic rings. The molecule has 8 heteroatoms. The van der Waals surface area contributed by atoms with E-state index in [1.807, 2.05) is 48.4 Å². The fraction of sp³-hybridized carbons (Fsp3) is 0.333. The van der Waals surface area contributed by atoms with Gasteiger partial charge in [-0.2, -0.15) is 0 Å². The van der Waals surface area contributed by atoms with Crippen molar-refractivity contribution in [1.29, 1.82) is 0 Å². The molecule has 0 saturated heterocycles. The van der Waals surface area contributed by atoms with Crippen molar-refractivity contribution < 1.29 is 4.79 Å². The maximum atomic E-state index is 12.6. The molecular weight excluding hydrogens is 330 g/mol. The van der Waals surface area contributed by atoms with Crippen LogP contribution in [0.2, 0.25) is 0 Å². The highest BCUT2D eigenvalue weighted by molar-refractivity contribution is 7.99. The normalized spacial score (nSPS) is 11.1. The van der Waals surface area contributed by atoms with E-state index in [1.54, 1.807) is 17.5 Å². The molecule has 0 aliphatic heterocycles. The van der Waals surface area contributed by atoms with E-state index in [0.29, 0.717) is 5.75 Å². The molecule has 0 atom stereocenters. The molecule has 0 radical (unpaired) electrons. The van der Waals surface area contributed by atoms with Crippen LogP contribution in [-0.2, 0) is 7.05 Å². The van der Waals surface area contributed by atoms with E-state index >= 15 is 0 Å². The van der Waals surface area contributed by atoms with E-state index in [2.05, 4.69) is 15.2 Å². The van der Waals surface area contributed by atoms with E-state index in [1.165, 1.54) is 11.8 Å². The van der Waals surface area contributed by atoms with Gasteiger partial charge in [-0.3, -0.25) is 9.36 Å². The molecule has 0 unspecified atom stereocenters. The van der Waals surface area contributed by atoms with Gasteiger partial charge in [0, 0.05) is 35.6 Å². The summed E-state index contributed by atoms with van der Waals surface area (Å²) >= 11 is 2.97. The van der Waals surface area contributed by atoms with Gasteiger partial charge in [0.1, 0.15) is 5.82 Å². The third-order valence-electron chi connectivity index (χ3n) is 3.73. The number of thioether (sulfide) groups is 1. The van der Waals surface area contributed by atoms with Crippen molar-refractivity contribution in [3.8, 4) is 5.13 Å². The first-order valence-corrected chi connectivity index (χ1v) is 8.96. The second-order valence-electron chi connectivity index (χ2n) is 5.24. The maximum Gasteiger partial charge on any atom is 0.193 e. The quantitative estimate of drug-likeness (QED) is 0.524. The Labute approximate surface area is 142 Å². The Kier molecular flexibility index (Phi) is 4.36. The van der Waals surface area contributed by atoms with Crippen molar-refractivity contribution in [2.24, 2.45) is 7.05 Å². The minimum Gasteiger partial charge on any atom is -0.309 e. The number of aromatic nitrogens is 5. The second kappa shape index (κ2) is 6.29. The summed E-state index contributed by atoms with van der Waals surface area (Å²) in [5, 5.41) is 11.7. The second-order valence-corrected chi connectivity index (χ2v) is 7.05. The predicted octanol–water partition coefficient (Wildman–Crippen LogP) is 2.96. The van der Waals surface area contributed by atoms with E-state index < -0.39 is 0 Å². The highest BCUT2D eigenvalue weighted by Gasteiger charge is 2.18. The first-order valence-electron chi connectivity index (χ1n) is 7.10. The van der Waals surface area contributed by atoms with Gasteiger partial charge in [-0.15, -0.1) is 21.5 Å². The number of nitrogens with zero attached hydrogens (tertiary/aromatic N) is 5. The molecule has 3 rings (SSSR count). The summed E-state index contributed by atoms with van der Waals surface area (Å²) in [6.45, 7) is 5.84. The van der Waals surface area contributed by atoms with Gasteiger partial charge in [-0.25, -0.2) is 4.98 Å². The van der Waals surface area contributed by atoms with Crippen molar-refractivity contribution in [2.45, 2.75) is 25.9 Å². The number of hydrogen-bond acceptors (Lipinski definition) is 6. The number of Topliss-reactive ketones (excluding diaryl/α,β-unsaturated/α-hetero) is 1. The Morgan fingerprint density at radius 3 is 2.70 bits per heavy atom. The summed E-state index contributed by atoms with van der Waals surface area (Å²) in [7, 11) is 1.90. The van der Waals surface area contributed by atoms with Gasteiger partial charge >= 0.3 is 0 Å². The van der Waals surface area contributed by atoms with Crippen molar-refractivity contribution >= 4 is 28.9 Å². The van der Waals surface area contributed by atoms with Crippen LogP contribution in [0, 0.1) is 20.8 Å². The Morgan fingerprint density at radius 1 is 1.30 bits per heavy atom. The Bertz CT molecular complexity index is 848. The first-order chi connectivity index (χ1) is 11.0. The standard InChI is InChI=1S/C15H17N5OS2/c1-9-7-12(10(2)20(9)14-16-5-6-22-14)13(21)8-23-15-18-17-11(3)19(15)4/h5-7H,8H2,1-4H3. The molecule has 0 saturated carbocycles. The highest BCUT2D eigenvalue weighted by Crippen LogP contribution is 2.24. The van der Waals surface area contributed by atoms with E-state index in [9.17, 15) is 4.79 Å². The number of carbonyl (C=O) groups excluding carboxylic acids is 1. The number of carbonyl (C=O) groups is 1. The van der Waals surface area contributed by atoms with E-state index in [-0.39, 0.29) is 5.78 Å². The van der Waals surface area contributed by atoms with Crippen LogP contribution in [0.25, 0.3) is 5.13 Å². The van der Waals surface area contributed by atoms with Crippen molar-refractivity contribution in [3.63, 3.8) is 0 Å². The van der Waals surface area contributed by atoms with Crippen LogP contribution in [0.3, 0.4) is 0 Å². The number of thiazole rings is 1. The molecular formula is C15H17N5OS2. The molecule has 3 aromatic heterocycles. The fourth-order valence-electron chi connectivity index (χ4n) is 2.39. The molecule has 0 bridgehead atoms. The average molecular weight is 347 g/mol. The average Bonchev–Trinajstić information content (AvgIpc) is 3.21. The maximum absolute atomic E-state index is 12.6. The van der Waals surface area contributed by atoms with E-state index in [4.69, 9.17) is 0 Å². The molecule has 120 valence electrons. The van der Waals surface area contributed by atoms with Crippen molar-refractivity contribution in [3.05, 3.63) is 40.4 Å². The summed E-state index contributed by atoms with van der Waals surface area (Å²) in [5.74, 6) is 1.27. The van der Waals surface area contributed by atoms with Crippen LogP contribution >= 0.6 is 23.1 Å². The number of aryl methyl sites for hydroxylation is 2. The highest BCUT2D eigenvalue weighted by atomic mass is 32.2. The predicted molar refractivity (Wildman–Crippen MR) is 91.7 cm³/mol. The molecule has 0 aromatic carbocycles. The molecule has 0 aliphatic carbocycles. The summed E-state index contributed by atoms with van der Waals surface area (Å²) in [6.07, 6.45) is 1.77. The smallest absolute Gasteiger partial charge is 0.193 e. The van der Waals surface area contributed by atoms with Gasteiger partial charge in [-0.1, -0.05) is 11.8 Å². The molecule has 23 heavy (non-hydrogen) atoms. The van der Waals surface area contributed by atoms with Gasteiger partial charge < -0.3 is 4.57 Å². The molecule has 3 aromatic rings. The summed E-state index contributed by atoms with van der Waals surface area (Å²) in [4.78, 5) is 16.9. The number of ketones is 1. The third-order valence-corrected chi connectivity index (χ3v) is 5.50. The fourth-order valence-corrected chi connectivity index (χ4v) is 3.98. The summed E-state index contributed by atoms with van der Waals surface area (Å²) < 4.78 is 3.91. The molecule has 0 N–H and O–H groups in total. The minimum atomic E-state index is 0.0894. The Morgan fingerprint density at radius 2 is 2.09 bits per heavy atom. The Balaban J connectivity index is 1.81. The van der Waals surface area contributed by atoms with Gasteiger partial charge in [0.2, 0.25) is 0 Å². The lowest BCUT2D eigenvalue weighted by Gasteiger charge is -2.05. The molecule has 0 amide bonds. The zero-order valence-corrected chi connectivity index (χ0v) is 15.0. The largest absolute Gasteiger partial charge is 0.309 e. The van der Waals surface area contributed by atoms with Crippen LogP contribution < -0.4 is 0 Å². The third kappa shape index (κ3) is 2.96. The lowest BCUT2D eigenvalue weighted by atomic mass is 10.2. The lowest BCUT2D eigenvalue weighted by Crippen LogP contribution is -2.06. The van der Waals surface area contributed by atoms with Crippen LogP contribution in [0.4, 0.5) is 0 Å². The SMILES string of the molecule is Cc1nnc(SCC(=O)c2cc(C)n(-c3nccs3)c2C)n1C.